The molecule has 0 radical (unpaired) electrons. The van der Waals surface area contributed by atoms with E-state index < -0.39 is 0 Å². The van der Waals surface area contributed by atoms with Gasteiger partial charge in [0.1, 0.15) is 11.4 Å². The van der Waals surface area contributed by atoms with E-state index in [1.807, 2.05) is 24.3 Å². The number of hydrogen-bond donors (Lipinski definition) is 0. The highest BCUT2D eigenvalue weighted by Crippen LogP contribution is 2.30. The maximum absolute atomic E-state index is 11.8. The quantitative estimate of drug-likeness (QED) is 0.808. The molecule has 1 fully saturated rings. The monoisotopic (exact) mass is 336 g/mol. The summed E-state index contributed by atoms with van der Waals surface area (Å²) in [6.45, 7) is 0.603. The number of alkyl halides is 1. The highest BCUT2D eigenvalue weighted by molar-refractivity contribution is 9.09. The lowest BCUT2D eigenvalue weighted by Gasteiger charge is -2.09. The minimum absolute atomic E-state index is 0.0419. The van der Waals surface area contributed by atoms with Crippen LogP contribution in [0.3, 0.4) is 0 Å². The van der Waals surface area contributed by atoms with Gasteiger partial charge >= 0.3 is 0 Å². The first kappa shape index (κ1) is 13.2. The third-order valence-electron chi connectivity index (χ3n) is 3.21. The van der Waals surface area contributed by atoms with E-state index >= 15 is 0 Å². The van der Waals surface area contributed by atoms with Crippen LogP contribution in [0.25, 0.3) is 11.3 Å². The highest BCUT2D eigenvalue weighted by atomic mass is 79.9. The maximum atomic E-state index is 11.8. The fourth-order valence-electron chi connectivity index (χ4n) is 2.19. The molecule has 0 N–H and O–H groups in total. The summed E-state index contributed by atoms with van der Waals surface area (Å²) >= 11 is 3.45. The second-order valence-corrected chi connectivity index (χ2v) is 5.88. The van der Waals surface area contributed by atoms with E-state index in [1.54, 1.807) is 18.1 Å². The summed E-state index contributed by atoms with van der Waals surface area (Å²) in [6, 6.07) is 9.32. The van der Waals surface area contributed by atoms with Crippen molar-refractivity contribution in [3.63, 3.8) is 0 Å². The summed E-state index contributed by atoms with van der Waals surface area (Å²) in [5.74, 6) is 1.28. The van der Waals surface area contributed by atoms with Gasteiger partial charge in [-0.25, -0.2) is 0 Å². The van der Waals surface area contributed by atoms with E-state index in [-0.39, 0.29) is 10.7 Å². The Bertz CT molecular complexity index is 641. The number of methoxy groups -OCH3 is 1. The van der Waals surface area contributed by atoms with Gasteiger partial charge in [-0.15, -0.1) is 0 Å². The Morgan fingerprint density at radius 1 is 1.45 bits per heavy atom. The zero-order chi connectivity index (χ0) is 14.1. The molecule has 1 unspecified atom stereocenters. The first-order valence-electron chi connectivity index (χ1n) is 6.23. The molecule has 0 aliphatic carbocycles. The lowest BCUT2D eigenvalue weighted by molar-refractivity contribution is -0.117. The Hall–Kier alpha value is -1.82. The number of amides is 1. The average molecular weight is 337 g/mol. The average Bonchev–Trinajstić information content (AvgIpc) is 3.05. The van der Waals surface area contributed by atoms with Crippen molar-refractivity contribution in [2.45, 2.75) is 11.2 Å². The van der Waals surface area contributed by atoms with Gasteiger partial charge in [0.2, 0.25) is 11.8 Å². The summed E-state index contributed by atoms with van der Waals surface area (Å²) in [6.07, 6.45) is 0.481. The van der Waals surface area contributed by atoms with Gasteiger partial charge in [-0.3, -0.25) is 9.69 Å². The van der Waals surface area contributed by atoms with Gasteiger partial charge in [0.25, 0.3) is 0 Å². The molecule has 1 aromatic carbocycles. The van der Waals surface area contributed by atoms with Crippen LogP contribution >= 0.6 is 15.9 Å². The van der Waals surface area contributed by atoms with Crippen LogP contribution in [-0.2, 0) is 4.79 Å². The number of carbonyl (C=O) groups excluding carboxylic acids is 1. The van der Waals surface area contributed by atoms with E-state index in [2.05, 4.69) is 21.1 Å². The van der Waals surface area contributed by atoms with E-state index in [4.69, 9.17) is 9.26 Å². The second-order valence-electron chi connectivity index (χ2n) is 4.59. The molecular weight excluding hydrogens is 324 g/mol. The number of carbonyl (C=O) groups is 1. The van der Waals surface area contributed by atoms with Crippen molar-refractivity contribution in [2.24, 2.45) is 0 Å². The van der Waals surface area contributed by atoms with E-state index in [1.165, 1.54) is 0 Å². The molecule has 1 aliphatic rings. The summed E-state index contributed by atoms with van der Waals surface area (Å²) in [7, 11) is 1.62. The van der Waals surface area contributed by atoms with Crippen LogP contribution in [0.15, 0.2) is 34.9 Å². The molecule has 1 amide bonds. The zero-order valence-electron chi connectivity index (χ0n) is 10.9. The standard InChI is InChI=1S/C14H13BrN2O3/c1-19-11-4-2-3-9(5-11)12-7-14(20-16-12)17-8-10(15)6-13(17)18/h2-5,7,10H,6,8H2,1H3. The number of rotatable bonds is 3. The van der Waals surface area contributed by atoms with Crippen molar-refractivity contribution in [2.75, 3.05) is 18.6 Å². The number of hydrogen-bond acceptors (Lipinski definition) is 4. The SMILES string of the molecule is COc1cccc(-c2cc(N3CC(Br)CC3=O)on2)c1. The van der Waals surface area contributed by atoms with Crippen molar-refractivity contribution in [1.29, 1.82) is 0 Å². The molecule has 0 saturated carbocycles. The summed E-state index contributed by atoms with van der Waals surface area (Å²) < 4.78 is 10.5. The van der Waals surface area contributed by atoms with E-state index in [0.717, 1.165) is 11.3 Å². The maximum Gasteiger partial charge on any atom is 0.234 e. The highest BCUT2D eigenvalue weighted by Gasteiger charge is 2.31. The van der Waals surface area contributed by atoms with Crippen LogP contribution in [0.1, 0.15) is 6.42 Å². The predicted molar refractivity (Wildman–Crippen MR) is 78.2 cm³/mol. The van der Waals surface area contributed by atoms with Gasteiger partial charge in [0, 0.05) is 29.4 Å². The molecule has 1 aliphatic heterocycles. The Morgan fingerprint density at radius 3 is 3.00 bits per heavy atom. The molecule has 104 valence electrons. The van der Waals surface area contributed by atoms with Crippen LogP contribution in [0.5, 0.6) is 5.75 Å². The number of aromatic nitrogens is 1. The van der Waals surface area contributed by atoms with Gasteiger partial charge in [0.15, 0.2) is 0 Å². The molecule has 2 aromatic rings. The van der Waals surface area contributed by atoms with Crippen molar-refractivity contribution in [3.05, 3.63) is 30.3 Å². The number of ether oxygens (including phenoxy) is 1. The number of anilines is 1. The van der Waals surface area contributed by atoms with Gasteiger partial charge in [-0.2, -0.15) is 0 Å². The van der Waals surface area contributed by atoms with Crippen LogP contribution in [0, 0.1) is 0 Å². The number of benzene rings is 1. The van der Waals surface area contributed by atoms with Crippen molar-refractivity contribution in [3.8, 4) is 17.0 Å². The van der Waals surface area contributed by atoms with Gasteiger partial charge < -0.3 is 9.26 Å². The van der Waals surface area contributed by atoms with Crippen LogP contribution in [-0.4, -0.2) is 29.5 Å². The van der Waals surface area contributed by atoms with Crippen LogP contribution in [0.2, 0.25) is 0 Å². The summed E-state index contributed by atoms with van der Waals surface area (Å²) in [5.41, 5.74) is 1.58. The molecule has 1 atom stereocenters. The lowest BCUT2D eigenvalue weighted by atomic mass is 10.1. The molecule has 3 rings (SSSR count). The molecular formula is C14H13BrN2O3. The van der Waals surface area contributed by atoms with Crippen molar-refractivity contribution >= 4 is 27.7 Å². The molecule has 5 nitrogen and oxygen atoms in total. The summed E-state index contributed by atoms with van der Waals surface area (Å²) in [4.78, 5) is 13.6. The summed E-state index contributed by atoms with van der Waals surface area (Å²) in [5, 5.41) is 4.03. The van der Waals surface area contributed by atoms with Gasteiger partial charge in [0.05, 0.1) is 7.11 Å². The Kier molecular flexibility index (Phi) is 3.48. The Balaban J connectivity index is 1.88. The second kappa shape index (κ2) is 5.28. The van der Waals surface area contributed by atoms with Crippen LogP contribution < -0.4 is 9.64 Å². The molecule has 1 aromatic heterocycles. The van der Waals surface area contributed by atoms with Crippen molar-refractivity contribution in [1.82, 2.24) is 5.16 Å². The lowest BCUT2D eigenvalue weighted by Crippen LogP contribution is -2.23. The smallest absolute Gasteiger partial charge is 0.234 e. The fourth-order valence-corrected chi connectivity index (χ4v) is 2.75. The van der Waals surface area contributed by atoms with Gasteiger partial charge in [-0.05, 0) is 12.1 Å². The third-order valence-corrected chi connectivity index (χ3v) is 3.82. The Labute approximate surface area is 124 Å². The fraction of sp³-hybridized carbons (Fsp3) is 0.286. The van der Waals surface area contributed by atoms with E-state index in [0.29, 0.717) is 24.5 Å². The predicted octanol–water partition coefficient (Wildman–Crippen LogP) is 2.85. The molecule has 0 bridgehead atoms. The molecule has 6 heteroatoms. The number of halogens is 1. The Morgan fingerprint density at radius 2 is 2.30 bits per heavy atom. The van der Waals surface area contributed by atoms with Crippen LogP contribution in [0.4, 0.5) is 5.88 Å². The third kappa shape index (κ3) is 2.43. The first-order valence-corrected chi connectivity index (χ1v) is 7.14. The zero-order valence-corrected chi connectivity index (χ0v) is 12.5. The number of nitrogens with zero attached hydrogens (tertiary/aromatic N) is 2. The van der Waals surface area contributed by atoms with E-state index in [9.17, 15) is 4.79 Å². The first-order chi connectivity index (χ1) is 9.67. The molecule has 2 heterocycles. The van der Waals surface area contributed by atoms with Gasteiger partial charge in [-0.1, -0.05) is 33.2 Å². The molecule has 0 spiro atoms. The molecule has 20 heavy (non-hydrogen) atoms. The minimum atomic E-state index is 0.0419. The minimum Gasteiger partial charge on any atom is -0.497 e. The molecule has 1 saturated heterocycles. The van der Waals surface area contributed by atoms with Crippen molar-refractivity contribution < 1.29 is 14.1 Å². The normalized spacial score (nSPS) is 18.6. The topological polar surface area (TPSA) is 55.6 Å². The largest absolute Gasteiger partial charge is 0.497 e.